The second-order valence-electron chi connectivity index (χ2n) is 4.40. The summed E-state index contributed by atoms with van der Waals surface area (Å²) in [6.07, 6.45) is 0. The maximum absolute atomic E-state index is 12.2. The van der Waals surface area contributed by atoms with Crippen LogP contribution in [0.4, 0.5) is 0 Å². The summed E-state index contributed by atoms with van der Waals surface area (Å²) in [4.78, 5) is 1.01. The molecule has 0 amide bonds. The fourth-order valence-corrected chi connectivity index (χ4v) is 3.73. The SMILES string of the molecule is CN(Cc1cccs1)S(=O)(=O)Cc1ccc(C#N)cc1. The van der Waals surface area contributed by atoms with Gasteiger partial charge in [-0.1, -0.05) is 18.2 Å². The van der Waals surface area contributed by atoms with E-state index < -0.39 is 10.0 Å². The fourth-order valence-electron chi connectivity index (χ4n) is 1.72. The van der Waals surface area contributed by atoms with Crippen LogP contribution >= 0.6 is 11.3 Å². The topological polar surface area (TPSA) is 61.2 Å². The lowest BCUT2D eigenvalue weighted by Gasteiger charge is -2.16. The summed E-state index contributed by atoms with van der Waals surface area (Å²) in [5.74, 6) is -0.0550. The molecule has 20 heavy (non-hydrogen) atoms. The number of nitrogens with zero attached hydrogens (tertiary/aromatic N) is 2. The molecule has 2 aromatic rings. The summed E-state index contributed by atoms with van der Waals surface area (Å²) >= 11 is 1.54. The van der Waals surface area contributed by atoms with Crippen LogP contribution in [0, 0.1) is 11.3 Å². The molecule has 0 N–H and O–H groups in total. The highest BCUT2D eigenvalue weighted by Crippen LogP contribution is 2.16. The minimum atomic E-state index is -3.35. The van der Waals surface area contributed by atoms with Crippen molar-refractivity contribution in [2.24, 2.45) is 0 Å². The van der Waals surface area contributed by atoms with Gasteiger partial charge >= 0.3 is 0 Å². The largest absolute Gasteiger partial charge is 0.218 e. The van der Waals surface area contributed by atoms with Crippen LogP contribution in [-0.4, -0.2) is 19.8 Å². The van der Waals surface area contributed by atoms with Gasteiger partial charge in [-0.25, -0.2) is 8.42 Å². The summed E-state index contributed by atoms with van der Waals surface area (Å²) in [7, 11) is -1.77. The van der Waals surface area contributed by atoms with Crippen molar-refractivity contribution >= 4 is 21.4 Å². The molecule has 0 saturated heterocycles. The molecule has 0 unspecified atom stereocenters. The van der Waals surface area contributed by atoms with E-state index in [4.69, 9.17) is 5.26 Å². The van der Waals surface area contributed by atoms with Gasteiger partial charge in [0, 0.05) is 18.5 Å². The van der Waals surface area contributed by atoms with Gasteiger partial charge in [-0.3, -0.25) is 0 Å². The van der Waals surface area contributed by atoms with Crippen molar-refractivity contribution < 1.29 is 8.42 Å². The molecule has 1 aromatic heterocycles. The first-order valence-electron chi connectivity index (χ1n) is 5.97. The van der Waals surface area contributed by atoms with Gasteiger partial charge < -0.3 is 0 Å². The first-order valence-corrected chi connectivity index (χ1v) is 8.45. The number of sulfonamides is 1. The van der Waals surface area contributed by atoms with Crippen molar-refractivity contribution in [2.45, 2.75) is 12.3 Å². The first-order chi connectivity index (χ1) is 9.51. The highest BCUT2D eigenvalue weighted by molar-refractivity contribution is 7.88. The normalized spacial score (nSPS) is 11.4. The second kappa shape index (κ2) is 6.18. The predicted octanol–water partition coefficient (Wildman–Crippen LogP) is 2.58. The van der Waals surface area contributed by atoms with E-state index in [0.29, 0.717) is 17.7 Å². The average molecular weight is 306 g/mol. The molecule has 2 rings (SSSR count). The minimum Gasteiger partial charge on any atom is -0.212 e. The number of hydrogen-bond donors (Lipinski definition) is 0. The van der Waals surface area contributed by atoms with Crippen molar-refractivity contribution in [3.8, 4) is 6.07 Å². The van der Waals surface area contributed by atoms with E-state index in [9.17, 15) is 8.42 Å². The van der Waals surface area contributed by atoms with E-state index in [0.717, 1.165) is 4.88 Å². The highest BCUT2D eigenvalue weighted by atomic mass is 32.2. The minimum absolute atomic E-state index is 0.0550. The van der Waals surface area contributed by atoms with Gasteiger partial charge in [0.15, 0.2) is 0 Å². The monoisotopic (exact) mass is 306 g/mol. The molecule has 0 aliphatic rings. The van der Waals surface area contributed by atoms with Crippen molar-refractivity contribution in [2.75, 3.05) is 7.05 Å². The molecule has 0 saturated carbocycles. The molecule has 6 heteroatoms. The van der Waals surface area contributed by atoms with E-state index in [1.54, 1.807) is 31.3 Å². The van der Waals surface area contributed by atoms with Gasteiger partial charge in [0.25, 0.3) is 0 Å². The Labute approximate surface area is 123 Å². The molecule has 1 aromatic carbocycles. The average Bonchev–Trinajstić information content (AvgIpc) is 2.92. The number of thiophene rings is 1. The Morgan fingerprint density at radius 2 is 1.95 bits per heavy atom. The maximum atomic E-state index is 12.2. The van der Waals surface area contributed by atoms with Gasteiger partial charge in [-0.15, -0.1) is 11.3 Å². The van der Waals surface area contributed by atoms with Crippen LogP contribution < -0.4 is 0 Å². The van der Waals surface area contributed by atoms with Crippen molar-refractivity contribution in [1.82, 2.24) is 4.31 Å². The molecule has 0 atom stereocenters. The van der Waals surface area contributed by atoms with Gasteiger partial charge in [0.05, 0.1) is 17.4 Å². The molecule has 0 fully saturated rings. The van der Waals surface area contributed by atoms with Crippen LogP contribution in [-0.2, 0) is 22.3 Å². The van der Waals surface area contributed by atoms with Crippen molar-refractivity contribution in [3.05, 3.63) is 57.8 Å². The third-order valence-corrected chi connectivity index (χ3v) is 5.50. The molecule has 4 nitrogen and oxygen atoms in total. The number of rotatable bonds is 5. The van der Waals surface area contributed by atoms with Crippen LogP contribution in [0.3, 0.4) is 0 Å². The zero-order valence-electron chi connectivity index (χ0n) is 11.0. The molecular formula is C14H14N2O2S2. The fraction of sp³-hybridized carbons (Fsp3) is 0.214. The van der Waals surface area contributed by atoms with Crippen molar-refractivity contribution in [1.29, 1.82) is 5.26 Å². The summed E-state index contributed by atoms with van der Waals surface area (Å²) < 4.78 is 25.9. The number of benzene rings is 1. The summed E-state index contributed by atoms with van der Waals surface area (Å²) in [5.41, 5.74) is 1.21. The Morgan fingerprint density at radius 1 is 1.25 bits per heavy atom. The molecule has 0 radical (unpaired) electrons. The number of hydrogen-bond acceptors (Lipinski definition) is 4. The van der Waals surface area contributed by atoms with Crippen molar-refractivity contribution in [3.63, 3.8) is 0 Å². The van der Waals surface area contributed by atoms with E-state index >= 15 is 0 Å². The first kappa shape index (κ1) is 14.7. The lowest BCUT2D eigenvalue weighted by molar-refractivity contribution is 0.469. The molecule has 0 bridgehead atoms. The van der Waals surface area contributed by atoms with Gasteiger partial charge in [0.1, 0.15) is 0 Å². The van der Waals surface area contributed by atoms with Crippen LogP contribution in [0.15, 0.2) is 41.8 Å². The third kappa shape index (κ3) is 3.67. The van der Waals surface area contributed by atoms with Gasteiger partial charge in [0.2, 0.25) is 10.0 Å². The molecule has 1 heterocycles. The Bertz CT molecular complexity index is 699. The maximum Gasteiger partial charge on any atom is 0.218 e. The van der Waals surface area contributed by atoms with Gasteiger partial charge in [-0.05, 0) is 29.1 Å². The van der Waals surface area contributed by atoms with Crippen LogP contribution in [0.5, 0.6) is 0 Å². The predicted molar refractivity (Wildman–Crippen MR) is 79.6 cm³/mol. The zero-order chi connectivity index (χ0) is 14.6. The van der Waals surface area contributed by atoms with Crippen LogP contribution in [0.25, 0.3) is 0 Å². The molecule has 0 aliphatic heterocycles. The van der Waals surface area contributed by atoms with E-state index in [1.807, 2.05) is 23.6 Å². The van der Waals surface area contributed by atoms with E-state index in [1.165, 1.54) is 15.6 Å². The van der Waals surface area contributed by atoms with Crippen LogP contribution in [0.1, 0.15) is 16.0 Å². The standard InChI is InChI=1S/C14H14N2O2S2/c1-16(10-14-3-2-8-19-14)20(17,18)11-13-6-4-12(9-15)5-7-13/h2-8H,10-11H2,1H3. The summed E-state index contributed by atoms with van der Waals surface area (Å²) in [6.45, 7) is 0.385. The van der Waals surface area contributed by atoms with Crippen LogP contribution in [0.2, 0.25) is 0 Å². The zero-order valence-corrected chi connectivity index (χ0v) is 12.6. The highest BCUT2D eigenvalue weighted by Gasteiger charge is 2.19. The lowest BCUT2D eigenvalue weighted by atomic mass is 10.2. The third-order valence-electron chi connectivity index (χ3n) is 2.87. The second-order valence-corrected chi connectivity index (χ2v) is 7.51. The Hall–Kier alpha value is -1.68. The van der Waals surface area contributed by atoms with E-state index in [2.05, 4.69) is 0 Å². The molecule has 0 spiro atoms. The quantitative estimate of drug-likeness (QED) is 0.853. The summed E-state index contributed by atoms with van der Waals surface area (Å²) in [6, 6.07) is 12.4. The molecular weight excluding hydrogens is 292 g/mol. The number of nitriles is 1. The Balaban J connectivity index is 2.08. The smallest absolute Gasteiger partial charge is 0.212 e. The Morgan fingerprint density at radius 3 is 2.50 bits per heavy atom. The summed E-state index contributed by atoms with van der Waals surface area (Å²) in [5, 5.41) is 10.6. The van der Waals surface area contributed by atoms with E-state index in [-0.39, 0.29) is 5.75 Å². The lowest BCUT2D eigenvalue weighted by Crippen LogP contribution is -2.27. The Kier molecular flexibility index (Phi) is 4.55. The molecule has 104 valence electrons. The van der Waals surface area contributed by atoms with Gasteiger partial charge in [-0.2, -0.15) is 9.57 Å². The molecule has 0 aliphatic carbocycles.